The minimum Gasteiger partial charge on any atom is -0.462 e. The molecule has 172 valence electrons. The summed E-state index contributed by atoms with van der Waals surface area (Å²) in [4.78, 5) is 33.2. The maximum atomic E-state index is 13.0. The molecule has 0 aliphatic carbocycles. The van der Waals surface area contributed by atoms with Crippen LogP contribution in [0.3, 0.4) is 0 Å². The van der Waals surface area contributed by atoms with E-state index in [9.17, 15) is 9.59 Å². The third kappa shape index (κ3) is 6.45. The zero-order valence-electron chi connectivity index (χ0n) is 19.5. The lowest BCUT2D eigenvalue weighted by molar-refractivity contribution is 0.0526. The molecule has 2 heterocycles. The van der Waals surface area contributed by atoms with Crippen LogP contribution < -0.4 is 10.2 Å². The van der Waals surface area contributed by atoms with Crippen LogP contribution in [0.2, 0.25) is 0 Å². The van der Waals surface area contributed by atoms with Crippen molar-refractivity contribution < 1.29 is 14.3 Å². The van der Waals surface area contributed by atoms with Gasteiger partial charge in [0, 0.05) is 32.4 Å². The first-order valence-electron chi connectivity index (χ1n) is 11.3. The molecule has 0 saturated carbocycles. The molecule has 1 saturated heterocycles. The van der Waals surface area contributed by atoms with E-state index in [0.717, 1.165) is 17.8 Å². The number of carbonyl (C=O) groups is 2. The number of aromatic nitrogens is 1. The van der Waals surface area contributed by atoms with Gasteiger partial charge < -0.3 is 19.9 Å². The molecule has 2 amide bonds. The monoisotopic (exact) mass is 438 g/mol. The number of ether oxygens (including phenoxy) is 1. The van der Waals surface area contributed by atoms with Crippen molar-refractivity contribution in [3.63, 3.8) is 0 Å². The number of hydrogen-bond acceptors (Lipinski definition) is 5. The lowest BCUT2D eigenvalue weighted by atomic mass is 9.85. The van der Waals surface area contributed by atoms with Crippen LogP contribution >= 0.6 is 0 Å². The van der Waals surface area contributed by atoms with Crippen molar-refractivity contribution in [1.82, 2.24) is 15.2 Å². The van der Waals surface area contributed by atoms with Crippen LogP contribution in [0.25, 0.3) is 0 Å². The summed E-state index contributed by atoms with van der Waals surface area (Å²) in [5.74, 6) is 0.435. The average Bonchev–Trinajstić information content (AvgIpc) is 2.79. The number of nitrogens with one attached hydrogen (secondary N) is 1. The highest BCUT2D eigenvalue weighted by molar-refractivity contribution is 5.89. The van der Waals surface area contributed by atoms with E-state index in [1.807, 2.05) is 29.2 Å². The lowest BCUT2D eigenvalue weighted by Gasteiger charge is -2.37. The summed E-state index contributed by atoms with van der Waals surface area (Å²) in [7, 11) is 0. The molecule has 1 aliphatic heterocycles. The number of amides is 2. The number of nitrogens with zero attached hydrogens (tertiary/aromatic N) is 3. The topological polar surface area (TPSA) is 74.8 Å². The van der Waals surface area contributed by atoms with Gasteiger partial charge in [-0.05, 0) is 36.5 Å². The van der Waals surface area contributed by atoms with Crippen molar-refractivity contribution in [2.24, 2.45) is 5.41 Å². The Morgan fingerprint density at radius 3 is 2.31 bits per heavy atom. The number of rotatable bonds is 6. The van der Waals surface area contributed by atoms with Gasteiger partial charge in [-0.3, -0.25) is 0 Å². The minimum absolute atomic E-state index is 0.0289. The van der Waals surface area contributed by atoms with Crippen LogP contribution in [0.5, 0.6) is 0 Å². The van der Waals surface area contributed by atoms with Gasteiger partial charge >= 0.3 is 12.0 Å². The Balaban J connectivity index is 1.58. The van der Waals surface area contributed by atoms with E-state index in [-0.39, 0.29) is 23.5 Å². The fourth-order valence-electron chi connectivity index (χ4n) is 3.84. The van der Waals surface area contributed by atoms with Gasteiger partial charge in [-0.15, -0.1) is 0 Å². The van der Waals surface area contributed by atoms with Gasteiger partial charge in [-0.1, -0.05) is 51.1 Å². The summed E-state index contributed by atoms with van der Waals surface area (Å²) in [5, 5.41) is 3.25. The first-order valence-corrected chi connectivity index (χ1v) is 11.3. The van der Waals surface area contributed by atoms with Gasteiger partial charge in [-0.25, -0.2) is 14.6 Å². The molecule has 1 N–H and O–H groups in total. The fourth-order valence-corrected chi connectivity index (χ4v) is 3.84. The number of anilines is 1. The van der Waals surface area contributed by atoms with Gasteiger partial charge in [0.25, 0.3) is 0 Å². The second-order valence-electron chi connectivity index (χ2n) is 9.28. The molecule has 7 nitrogen and oxygen atoms in total. The third-order valence-electron chi connectivity index (χ3n) is 5.47. The van der Waals surface area contributed by atoms with E-state index in [0.29, 0.717) is 38.3 Å². The molecule has 7 heteroatoms. The van der Waals surface area contributed by atoms with E-state index in [4.69, 9.17) is 4.74 Å². The normalized spacial score (nSPS) is 15.2. The molecule has 3 rings (SSSR count). The summed E-state index contributed by atoms with van der Waals surface area (Å²) >= 11 is 0. The number of pyridine rings is 1. The molecule has 0 spiro atoms. The molecule has 32 heavy (non-hydrogen) atoms. The first kappa shape index (κ1) is 23.6. The van der Waals surface area contributed by atoms with Crippen molar-refractivity contribution in [3.05, 3.63) is 59.8 Å². The smallest absolute Gasteiger partial charge is 0.339 e. The Hall–Kier alpha value is -3.09. The predicted octanol–water partition coefficient (Wildman–Crippen LogP) is 4.27. The van der Waals surface area contributed by atoms with Crippen molar-refractivity contribution in [1.29, 1.82) is 0 Å². The number of benzene rings is 1. The summed E-state index contributed by atoms with van der Waals surface area (Å²) in [6.45, 7) is 11.3. The van der Waals surface area contributed by atoms with E-state index < -0.39 is 0 Å². The minimum atomic E-state index is -0.365. The molecule has 0 bridgehead atoms. The maximum absolute atomic E-state index is 13.0. The third-order valence-corrected chi connectivity index (χ3v) is 5.47. The summed E-state index contributed by atoms with van der Waals surface area (Å²) in [5.41, 5.74) is 1.66. The Kier molecular flexibility index (Phi) is 7.72. The van der Waals surface area contributed by atoms with Crippen LogP contribution in [0.15, 0.2) is 48.7 Å². The zero-order chi connectivity index (χ0) is 23.1. The van der Waals surface area contributed by atoms with Crippen LogP contribution in [0.4, 0.5) is 10.6 Å². The predicted molar refractivity (Wildman–Crippen MR) is 126 cm³/mol. The second kappa shape index (κ2) is 10.5. The maximum Gasteiger partial charge on any atom is 0.339 e. The van der Waals surface area contributed by atoms with E-state index in [1.54, 1.807) is 19.2 Å². The van der Waals surface area contributed by atoms with Gasteiger partial charge in [0.05, 0.1) is 18.2 Å². The lowest BCUT2D eigenvalue weighted by Crippen LogP contribution is -2.52. The Morgan fingerprint density at radius 1 is 1.06 bits per heavy atom. The highest BCUT2D eigenvalue weighted by Gasteiger charge is 2.26. The molecular formula is C25H34N4O3. The molecule has 1 atom stereocenters. The highest BCUT2D eigenvalue weighted by Crippen LogP contribution is 2.29. The largest absolute Gasteiger partial charge is 0.462 e. The second-order valence-corrected chi connectivity index (χ2v) is 9.28. The number of urea groups is 1. The molecule has 2 aromatic rings. The summed E-state index contributed by atoms with van der Waals surface area (Å²) < 4.78 is 5.00. The van der Waals surface area contributed by atoms with Crippen LogP contribution in [0.1, 0.15) is 56.1 Å². The van der Waals surface area contributed by atoms with Gasteiger partial charge in [-0.2, -0.15) is 0 Å². The van der Waals surface area contributed by atoms with Crippen molar-refractivity contribution in [2.75, 3.05) is 37.7 Å². The Labute approximate surface area is 190 Å². The Morgan fingerprint density at radius 2 is 1.75 bits per heavy atom. The molecule has 1 aliphatic rings. The van der Waals surface area contributed by atoms with Gasteiger partial charge in [0.1, 0.15) is 5.82 Å². The summed E-state index contributed by atoms with van der Waals surface area (Å²) in [6, 6.07) is 13.7. The molecule has 1 unspecified atom stereocenters. The Bertz CT molecular complexity index is 886. The molecular weight excluding hydrogens is 404 g/mol. The quantitative estimate of drug-likeness (QED) is 0.682. The van der Waals surface area contributed by atoms with Gasteiger partial charge in [0.15, 0.2) is 0 Å². The molecule has 1 fully saturated rings. The number of hydrogen-bond donors (Lipinski definition) is 1. The van der Waals surface area contributed by atoms with Crippen molar-refractivity contribution in [3.8, 4) is 0 Å². The standard InChI is InChI=1S/C25H34N4O3/c1-5-32-23(30)20-11-12-22(26-18-20)28-13-15-29(16-14-28)24(31)27-21(17-25(2,3)4)19-9-7-6-8-10-19/h6-12,18,21H,5,13-17H2,1-4H3,(H,27,31). The number of carbonyl (C=O) groups excluding carboxylic acids is 2. The van der Waals surface area contributed by atoms with Crippen molar-refractivity contribution >= 4 is 17.8 Å². The number of piperazine rings is 1. The van der Waals surface area contributed by atoms with Crippen molar-refractivity contribution in [2.45, 2.75) is 40.2 Å². The van der Waals surface area contributed by atoms with Gasteiger partial charge in [0.2, 0.25) is 0 Å². The van der Waals surface area contributed by atoms with E-state index >= 15 is 0 Å². The fraction of sp³-hybridized carbons (Fsp3) is 0.480. The van der Waals surface area contributed by atoms with Crippen LogP contribution in [0, 0.1) is 5.41 Å². The zero-order valence-corrected chi connectivity index (χ0v) is 19.5. The highest BCUT2D eigenvalue weighted by atomic mass is 16.5. The molecule has 1 aromatic carbocycles. The SMILES string of the molecule is CCOC(=O)c1ccc(N2CCN(C(=O)NC(CC(C)(C)C)c3ccccc3)CC2)nc1. The number of esters is 1. The van der Waals surface area contributed by atoms with E-state index in [2.05, 4.69) is 48.1 Å². The van der Waals surface area contributed by atoms with Crippen LogP contribution in [-0.4, -0.2) is 54.7 Å². The van der Waals surface area contributed by atoms with Crippen LogP contribution in [-0.2, 0) is 4.74 Å². The average molecular weight is 439 g/mol. The van der Waals surface area contributed by atoms with E-state index in [1.165, 1.54) is 0 Å². The summed E-state index contributed by atoms with van der Waals surface area (Å²) in [6.07, 6.45) is 2.41. The molecule has 0 radical (unpaired) electrons. The molecule has 1 aromatic heterocycles. The first-order chi connectivity index (χ1) is 15.3.